The third-order valence-electron chi connectivity index (χ3n) is 5.35. The molecule has 1 fully saturated rings. The summed E-state index contributed by atoms with van der Waals surface area (Å²) < 4.78 is 2.15. The molecule has 1 amide bonds. The average Bonchev–Trinajstić information content (AvgIpc) is 2.93. The van der Waals surface area contributed by atoms with Crippen molar-refractivity contribution < 1.29 is 9.90 Å². The number of hydrogen-bond acceptors (Lipinski definition) is 3. The highest BCUT2D eigenvalue weighted by atomic mass is 16.3. The second kappa shape index (κ2) is 5.74. The summed E-state index contributed by atoms with van der Waals surface area (Å²) in [5.41, 5.74) is 1.67. The molecule has 1 aromatic carbocycles. The number of carbonyl (C=O) groups excluding carboxylic acids is 1. The Bertz CT molecular complexity index is 747. The van der Waals surface area contributed by atoms with Gasteiger partial charge < -0.3 is 15.0 Å². The van der Waals surface area contributed by atoms with Crippen LogP contribution in [0.1, 0.15) is 36.3 Å². The summed E-state index contributed by atoms with van der Waals surface area (Å²) in [5.74, 6) is 1.04. The van der Waals surface area contributed by atoms with Gasteiger partial charge in [0, 0.05) is 37.9 Å². The molecule has 24 heavy (non-hydrogen) atoms. The van der Waals surface area contributed by atoms with Gasteiger partial charge in [-0.05, 0) is 18.9 Å². The minimum Gasteiger partial charge on any atom is -0.393 e. The van der Waals surface area contributed by atoms with Crippen LogP contribution in [-0.2, 0) is 23.3 Å². The Hall–Kier alpha value is -2.14. The molecule has 1 unspecified atom stereocenters. The summed E-state index contributed by atoms with van der Waals surface area (Å²) in [6.45, 7) is 2.83. The Kier molecular flexibility index (Phi) is 3.68. The van der Waals surface area contributed by atoms with Crippen LogP contribution in [0.25, 0.3) is 0 Å². The maximum Gasteiger partial charge on any atom is 0.224 e. The van der Waals surface area contributed by atoms with Gasteiger partial charge in [0.15, 0.2) is 0 Å². The van der Waals surface area contributed by atoms with E-state index >= 15 is 0 Å². The van der Waals surface area contributed by atoms with E-state index in [1.165, 1.54) is 0 Å². The monoisotopic (exact) mass is 325 g/mol. The van der Waals surface area contributed by atoms with Gasteiger partial charge in [0.05, 0.1) is 17.3 Å². The number of benzene rings is 1. The fraction of sp³-hybridized carbons (Fsp3) is 0.474. The molecule has 5 heteroatoms. The third-order valence-corrected chi connectivity index (χ3v) is 5.35. The number of aromatic nitrogens is 2. The average molecular weight is 325 g/mol. The number of rotatable bonds is 3. The van der Waals surface area contributed by atoms with Crippen molar-refractivity contribution in [2.24, 2.45) is 5.92 Å². The molecular formula is C19H23N3O2. The van der Waals surface area contributed by atoms with Gasteiger partial charge >= 0.3 is 0 Å². The van der Waals surface area contributed by atoms with Crippen molar-refractivity contribution in [2.45, 2.75) is 50.8 Å². The number of nitrogens with zero attached hydrogens (tertiary/aromatic N) is 2. The number of hydrogen-bond donors (Lipinski definition) is 2. The molecule has 4 rings (SSSR count). The summed E-state index contributed by atoms with van der Waals surface area (Å²) in [6.07, 6.45) is 4.41. The predicted molar refractivity (Wildman–Crippen MR) is 90.3 cm³/mol. The number of amides is 1. The Labute approximate surface area is 141 Å². The molecule has 0 spiro atoms. The van der Waals surface area contributed by atoms with Gasteiger partial charge in [-0.2, -0.15) is 0 Å². The van der Waals surface area contributed by atoms with Crippen LogP contribution in [-0.4, -0.2) is 26.7 Å². The highest BCUT2D eigenvalue weighted by molar-refractivity contribution is 5.80. The largest absolute Gasteiger partial charge is 0.393 e. The molecule has 1 aliphatic carbocycles. The van der Waals surface area contributed by atoms with E-state index < -0.39 is 5.54 Å². The Morgan fingerprint density at radius 3 is 2.79 bits per heavy atom. The lowest BCUT2D eigenvalue weighted by Gasteiger charge is -2.47. The summed E-state index contributed by atoms with van der Waals surface area (Å²) in [7, 11) is 0. The fourth-order valence-electron chi connectivity index (χ4n) is 4.04. The summed E-state index contributed by atoms with van der Waals surface area (Å²) >= 11 is 0. The molecule has 2 aromatic rings. The van der Waals surface area contributed by atoms with Crippen molar-refractivity contribution in [3.05, 3.63) is 53.6 Å². The molecule has 2 heterocycles. The van der Waals surface area contributed by atoms with Gasteiger partial charge in [-0.1, -0.05) is 30.3 Å². The molecule has 126 valence electrons. The van der Waals surface area contributed by atoms with Crippen molar-refractivity contribution in [3.63, 3.8) is 0 Å². The molecule has 1 saturated carbocycles. The maximum absolute atomic E-state index is 12.9. The van der Waals surface area contributed by atoms with E-state index in [1.807, 2.05) is 37.3 Å². The van der Waals surface area contributed by atoms with Crippen LogP contribution in [0.4, 0.5) is 0 Å². The van der Waals surface area contributed by atoms with Crippen LogP contribution in [0.2, 0.25) is 0 Å². The zero-order chi connectivity index (χ0) is 16.7. The first kappa shape index (κ1) is 15.4. The van der Waals surface area contributed by atoms with Gasteiger partial charge in [0.1, 0.15) is 5.82 Å². The van der Waals surface area contributed by atoms with E-state index in [-0.39, 0.29) is 17.9 Å². The Morgan fingerprint density at radius 1 is 1.33 bits per heavy atom. The van der Waals surface area contributed by atoms with Gasteiger partial charge in [0.25, 0.3) is 0 Å². The summed E-state index contributed by atoms with van der Waals surface area (Å²) in [4.78, 5) is 17.4. The number of aryl methyl sites for hydroxylation is 2. The van der Waals surface area contributed by atoms with Crippen LogP contribution in [0, 0.1) is 12.8 Å². The van der Waals surface area contributed by atoms with Crippen molar-refractivity contribution in [1.82, 2.24) is 14.9 Å². The molecule has 2 aliphatic rings. The number of nitrogens with one attached hydrogen (secondary N) is 1. The van der Waals surface area contributed by atoms with E-state index in [9.17, 15) is 9.90 Å². The molecule has 2 N–H and O–H groups in total. The topological polar surface area (TPSA) is 67.2 Å². The Morgan fingerprint density at radius 2 is 2.08 bits per heavy atom. The van der Waals surface area contributed by atoms with Crippen molar-refractivity contribution in [1.29, 1.82) is 0 Å². The van der Waals surface area contributed by atoms with Gasteiger partial charge in [-0.15, -0.1) is 0 Å². The fourth-order valence-corrected chi connectivity index (χ4v) is 4.04. The van der Waals surface area contributed by atoms with E-state index in [2.05, 4.69) is 21.1 Å². The third kappa shape index (κ3) is 2.63. The van der Waals surface area contributed by atoms with E-state index in [1.54, 1.807) is 0 Å². The van der Waals surface area contributed by atoms with E-state index in [4.69, 9.17) is 0 Å². The minimum absolute atomic E-state index is 0.0439. The maximum atomic E-state index is 12.9. The lowest BCUT2D eigenvalue weighted by molar-refractivity contribution is -0.131. The second-order valence-electron chi connectivity index (χ2n) is 7.18. The minimum atomic E-state index is -0.416. The zero-order valence-corrected chi connectivity index (χ0v) is 13.9. The van der Waals surface area contributed by atoms with Crippen molar-refractivity contribution in [3.8, 4) is 0 Å². The lowest BCUT2D eigenvalue weighted by atomic mass is 9.69. The molecule has 1 atom stereocenters. The van der Waals surface area contributed by atoms with E-state index in [0.29, 0.717) is 19.3 Å². The SMILES string of the molecule is Cc1cn2c(n1)CC(C(=O)NC1(c3ccccc3)CC(O)C1)CC2. The summed E-state index contributed by atoms with van der Waals surface area (Å²) in [5, 5.41) is 13.1. The highest BCUT2D eigenvalue weighted by Gasteiger charge is 2.46. The first-order valence-corrected chi connectivity index (χ1v) is 8.64. The highest BCUT2D eigenvalue weighted by Crippen LogP contribution is 2.42. The quantitative estimate of drug-likeness (QED) is 0.906. The first-order valence-electron chi connectivity index (χ1n) is 8.64. The normalized spacial score (nSPS) is 28.8. The number of carbonyl (C=O) groups is 1. The number of fused-ring (bicyclic) bond motifs is 1. The number of aliphatic hydroxyl groups is 1. The predicted octanol–water partition coefficient (Wildman–Crippen LogP) is 1.92. The van der Waals surface area contributed by atoms with Crippen LogP contribution in [0.5, 0.6) is 0 Å². The lowest BCUT2D eigenvalue weighted by Crippen LogP contribution is -2.58. The molecule has 0 bridgehead atoms. The zero-order valence-electron chi connectivity index (χ0n) is 13.9. The van der Waals surface area contributed by atoms with Gasteiger partial charge in [0.2, 0.25) is 5.91 Å². The number of imidazole rings is 1. The smallest absolute Gasteiger partial charge is 0.224 e. The van der Waals surface area contributed by atoms with Gasteiger partial charge in [-0.3, -0.25) is 4.79 Å². The van der Waals surface area contributed by atoms with Crippen molar-refractivity contribution >= 4 is 5.91 Å². The second-order valence-corrected chi connectivity index (χ2v) is 7.18. The van der Waals surface area contributed by atoms with Crippen molar-refractivity contribution in [2.75, 3.05) is 0 Å². The van der Waals surface area contributed by atoms with Crippen LogP contribution < -0.4 is 5.32 Å². The van der Waals surface area contributed by atoms with Crippen LogP contribution in [0.3, 0.4) is 0 Å². The molecule has 5 nitrogen and oxygen atoms in total. The first-order chi connectivity index (χ1) is 11.6. The molecule has 1 aliphatic heterocycles. The molecule has 0 saturated heterocycles. The molecule has 1 aromatic heterocycles. The molecule has 0 radical (unpaired) electrons. The number of aliphatic hydroxyl groups excluding tert-OH is 1. The molecular weight excluding hydrogens is 302 g/mol. The van der Waals surface area contributed by atoms with Crippen LogP contribution in [0.15, 0.2) is 36.5 Å². The standard InChI is InChI=1S/C19H23N3O2/c1-13-12-22-8-7-14(9-17(22)20-13)18(24)21-19(10-16(23)11-19)15-5-3-2-4-6-15/h2-6,12,14,16,23H,7-11H2,1H3,(H,21,24). The van der Waals surface area contributed by atoms with Crippen LogP contribution >= 0.6 is 0 Å². The van der Waals surface area contributed by atoms with E-state index in [0.717, 1.165) is 30.0 Å². The summed E-state index contributed by atoms with van der Waals surface area (Å²) in [6, 6.07) is 9.99. The van der Waals surface area contributed by atoms with Gasteiger partial charge in [-0.25, -0.2) is 4.98 Å². The Balaban J connectivity index is 1.51.